The zero-order valence-corrected chi connectivity index (χ0v) is 8.71. The molecule has 1 aromatic carbocycles. The Hall–Kier alpha value is -0.960. The Balaban J connectivity index is 2.07. The summed E-state index contributed by atoms with van der Waals surface area (Å²) in [6, 6.07) is 6.81. The zero-order chi connectivity index (χ0) is 10.8. The molecule has 82 valence electrons. The second kappa shape index (κ2) is 4.27. The summed E-state index contributed by atoms with van der Waals surface area (Å²) in [5.41, 5.74) is 1.20. The highest BCUT2D eigenvalue weighted by Crippen LogP contribution is 2.47. The highest BCUT2D eigenvalue weighted by molar-refractivity contribution is 5.31. The lowest BCUT2D eigenvalue weighted by atomic mass is 10.1. The van der Waals surface area contributed by atoms with Crippen LogP contribution >= 0.6 is 0 Å². The number of hydrogen-bond donors (Lipinski definition) is 1. The third-order valence-corrected chi connectivity index (χ3v) is 2.98. The molecule has 0 bridgehead atoms. The Morgan fingerprint density at radius 2 is 2.27 bits per heavy atom. The van der Waals surface area contributed by atoms with Crippen molar-refractivity contribution in [2.45, 2.75) is 18.8 Å². The fourth-order valence-corrected chi connectivity index (χ4v) is 2.07. The van der Waals surface area contributed by atoms with Crippen LogP contribution in [0.4, 0.5) is 8.78 Å². The molecule has 0 amide bonds. The summed E-state index contributed by atoms with van der Waals surface area (Å²) in [5.74, 6) is 1.11. The molecule has 2 atom stereocenters. The summed E-state index contributed by atoms with van der Waals surface area (Å²) in [4.78, 5) is 0. The van der Waals surface area contributed by atoms with E-state index in [0.29, 0.717) is 11.8 Å². The molecule has 0 spiro atoms. The second-order valence-electron chi connectivity index (χ2n) is 4.13. The number of nitrogens with one attached hydrogen (secondary N) is 1. The molecule has 2 unspecified atom stereocenters. The van der Waals surface area contributed by atoms with E-state index >= 15 is 0 Å². The number of alkyl halides is 2. The summed E-state index contributed by atoms with van der Waals surface area (Å²) in [5, 5.41) is 3.12. The Morgan fingerprint density at radius 1 is 1.47 bits per heavy atom. The van der Waals surface area contributed by atoms with Gasteiger partial charge in [0.15, 0.2) is 0 Å². The van der Waals surface area contributed by atoms with Gasteiger partial charge in [-0.3, -0.25) is 0 Å². The second-order valence-corrected chi connectivity index (χ2v) is 4.13. The van der Waals surface area contributed by atoms with Crippen molar-refractivity contribution in [3.05, 3.63) is 35.4 Å². The van der Waals surface area contributed by atoms with Crippen molar-refractivity contribution in [3.63, 3.8) is 0 Å². The van der Waals surface area contributed by atoms with Crippen LogP contribution in [0.15, 0.2) is 24.3 Å². The van der Waals surface area contributed by atoms with Gasteiger partial charge in [-0.05, 0) is 43.5 Å². The largest absolute Gasteiger partial charge is 0.319 e. The molecule has 0 aromatic heterocycles. The first-order chi connectivity index (χ1) is 7.22. The van der Waals surface area contributed by atoms with Gasteiger partial charge in [0.2, 0.25) is 0 Å². The Kier molecular flexibility index (Phi) is 3.00. The summed E-state index contributed by atoms with van der Waals surface area (Å²) < 4.78 is 24.9. The number of benzene rings is 1. The molecular weight excluding hydrogens is 196 g/mol. The molecule has 1 fully saturated rings. The monoisotopic (exact) mass is 211 g/mol. The first-order valence-corrected chi connectivity index (χ1v) is 5.25. The number of halogens is 2. The van der Waals surface area contributed by atoms with Crippen LogP contribution in [0.2, 0.25) is 0 Å². The molecule has 1 N–H and O–H groups in total. The van der Waals surface area contributed by atoms with Gasteiger partial charge < -0.3 is 5.32 Å². The van der Waals surface area contributed by atoms with E-state index in [4.69, 9.17) is 0 Å². The maximum absolute atomic E-state index is 12.5. The third kappa shape index (κ3) is 2.34. The first-order valence-electron chi connectivity index (χ1n) is 5.25. The first kappa shape index (κ1) is 10.6. The molecule has 15 heavy (non-hydrogen) atoms. The van der Waals surface area contributed by atoms with E-state index in [1.807, 2.05) is 13.1 Å². The van der Waals surface area contributed by atoms with Crippen molar-refractivity contribution in [1.29, 1.82) is 0 Å². The predicted octanol–water partition coefficient (Wildman–Crippen LogP) is 2.95. The van der Waals surface area contributed by atoms with Crippen LogP contribution in [-0.2, 0) is 0 Å². The van der Waals surface area contributed by atoms with Crippen LogP contribution in [0, 0.1) is 5.92 Å². The van der Waals surface area contributed by atoms with Gasteiger partial charge in [-0.25, -0.2) is 8.78 Å². The van der Waals surface area contributed by atoms with Crippen molar-refractivity contribution in [3.8, 4) is 0 Å². The van der Waals surface area contributed by atoms with E-state index in [9.17, 15) is 8.78 Å². The third-order valence-electron chi connectivity index (χ3n) is 2.98. The minimum absolute atomic E-state index is 0.141. The van der Waals surface area contributed by atoms with Gasteiger partial charge in [-0.2, -0.15) is 0 Å². The lowest BCUT2D eigenvalue weighted by Crippen LogP contribution is -2.10. The van der Waals surface area contributed by atoms with Crippen molar-refractivity contribution in [1.82, 2.24) is 5.32 Å². The van der Waals surface area contributed by atoms with Gasteiger partial charge in [0.25, 0.3) is 6.43 Å². The number of hydrogen-bond acceptors (Lipinski definition) is 1. The Bertz CT molecular complexity index is 338. The van der Waals surface area contributed by atoms with Gasteiger partial charge in [0, 0.05) is 5.56 Å². The summed E-state index contributed by atoms with van der Waals surface area (Å²) in [6.07, 6.45) is -1.24. The minimum atomic E-state index is -2.36. The van der Waals surface area contributed by atoms with Crippen LogP contribution in [0.3, 0.4) is 0 Å². The molecule has 1 aliphatic rings. The van der Waals surface area contributed by atoms with Crippen molar-refractivity contribution >= 4 is 0 Å². The topological polar surface area (TPSA) is 12.0 Å². The Labute approximate surface area is 88.5 Å². The molecule has 3 heteroatoms. The Morgan fingerprint density at radius 3 is 2.93 bits per heavy atom. The van der Waals surface area contributed by atoms with Crippen LogP contribution in [-0.4, -0.2) is 13.6 Å². The van der Waals surface area contributed by atoms with Gasteiger partial charge in [-0.1, -0.05) is 18.2 Å². The minimum Gasteiger partial charge on any atom is -0.319 e. The van der Waals surface area contributed by atoms with Crippen molar-refractivity contribution in [2.75, 3.05) is 13.6 Å². The van der Waals surface area contributed by atoms with Gasteiger partial charge >= 0.3 is 0 Å². The zero-order valence-electron chi connectivity index (χ0n) is 8.71. The van der Waals surface area contributed by atoms with E-state index in [0.717, 1.165) is 18.5 Å². The summed E-state index contributed by atoms with van der Waals surface area (Å²) >= 11 is 0. The SMILES string of the molecule is CNCC1CC1c1cccc(C(F)F)c1. The van der Waals surface area contributed by atoms with E-state index in [1.165, 1.54) is 6.07 Å². The van der Waals surface area contributed by atoms with Crippen LogP contribution < -0.4 is 5.32 Å². The lowest BCUT2D eigenvalue weighted by molar-refractivity contribution is 0.151. The maximum atomic E-state index is 12.5. The molecule has 0 saturated heterocycles. The molecule has 0 heterocycles. The normalized spacial score (nSPS) is 24.5. The molecule has 0 radical (unpaired) electrons. The van der Waals surface area contributed by atoms with Crippen LogP contribution in [0.1, 0.15) is 29.9 Å². The van der Waals surface area contributed by atoms with Crippen LogP contribution in [0.25, 0.3) is 0 Å². The molecule has 0 aliphatic heterocycles. The molecule has 1 nitrogen and oxygen atoms in total. The van der Waals surface area contributed by atoms with Crippen molar-refractivity contribution in [2.24, 2.45) is 5.92 Å². The van der Waals surface area contributed by atoms with Crippen molar-refractivity contribution < 1.29 is 8.78 Å². The maximum Gasteiger partial charge on any atom is 0.263 e. The summed E-state index contributed by atoms with van der Waals surface area (Å²) in [7, 11) is 1.92. The number of rotatable bonds is 4. The molecule has 1 saturated carbocycles. The lowest BCUT2D eigenvalue weighted by Gasteiger charge is -2.04. The predicted molar refractivity (Wildman–Crippen MR) is 56.2 cm³/mol. The fourth-order valence-electron chi connectivity index (χ4n) is 2.07. The molecule has 1 aromatic rings. The summed E-state index contributed by atoms with van der Waals surface area (Å²) in [6.45, 7) is 0.976. The van der Waals surface area contributed by atoms with Gasteiger partial charge in [0.05, 0.1) is 0 Å². The average Bonchev–Trinajstić information content (AvgIpc) is 2.98. The quantitative estimate of drug-likeness (QED) is 0.807. The van der Waals surface area contributed by atoms with E-state index in [2.05, 4.69) is 5.32 Å². The fraction of sp³-hybridized carbons (Fsp3) is 0.500. The molecule has 1 aliphatic carbocycles. The van der Waals surface area contributed by atoms with Gasteiger partial charge in [-0.15, -0.1) is 0 Å². The van der Waals surface area contributed by atoms with Gasteiger partial charge in [0.1, 0.15) is 0 Å². The van der Waals surface area contributed by atoms with E-state index in [-0.39, 0.29) is 5.56 Å². The van der Waals surface area contributed by atoms with E-state index < -0.39 is 6.43 Å². The molecule has 2 rings (SSSR count). The standard InChI is InChI=1S/C12H15F2N/c1-15-7-10-6-11(10)8-3-2-4-9(5-8)12(13)14/h2-5,10-12,15H,6-7H2,1H3. The smallest absolute Gasteiger partial charge is 0.263 e. The van der Waals surface area contributed by atoms with Crippen LogP contribution in [0.5, 0.6) is 0 Å². The molecular formula is C12H15F2N. The van der Waals surface area contributed by atoms with E-state index in [1.54, 1.807) is 12.1 Å². The highest BCUT2D eigenvalue weighted by atomic mass is 19.3. The average molecular weight is 211 g/mol. The highest BCUT2D eigenvalue weighted by Gasteiger charge is 2.37.